The molecule has 4 fully saturated rings. The molecule has 67 heavy (non-hydrogen) atoms. The van der Waals surface area contributed by atoms with Gasteiger partial charge in [0.15, 0.2) is 30.4 Å². The lowest BCUT2D eigenvalue weighted by atomic mass is 9.75. The van der Waals surface area contributed by atoms with Gasteiger partial charge in [-0.2, -0.15) is 0 Å². The number of carbonyl (C=O) groups is 2. The minimum absolute atomic E-state index is 0.0243. The zero-order valence-electron chi connectivity index (χ0n) is 38.7. The van der Waals surface area contributed by atoms with Crippen molar-refractivity contribution in [1.29, 1.82) is 0 Å². The van der Waals surface area contributed by atoms with Crippen LogP contribution in [-0.2, 0) is 49.1 Å². The summed E-state index contributed by atoms with van der Waals surface area (Å²) in [5, 5.41) is 108. The number of benzene rings is 2. The fraction of sp³-hybridized carbons (Fsp3) is 0.739. The van der Waals surface area contributed by atoms with E-state index in [2.05, 4.69) is 0 Å². The molecule has 10 N–H and O–H groups in total. The summed E-state index contributed by atoms with van der Waals surface area (Å²) >= 11 is 0. The van der Waals surface area contributed by atoms with Crippen LogP contribution >= 0.6 is 0 Å². The predicted molar refractivity (Wildman–Crippen MR) is 229 cm³/mol. The monoisotopic (exact) mass is 954 g/mol. The molecule has 0 amide bonds. The molecule has 0 saturated carbocycles. The Hall–Kier alpha value is -3.20. The lowest BCUT2D eigenvalue weighted by molar-refractivity contribution is -0.320. The number of hydrogen-bond acceptors (Lipinski definition) is 21. The quantitative estimate of drug-likeness (QED) is 0.125. The van der Waals surface area contributed by atoms with Crippen LogP contribution in [0.5, 0.6) is 17.2 Å². The van der Waals surface area contributed by atoms with Crippen molar-refractivity contribution in [1.82, 2.24) is 0 Å². The fourth-order valence-electron chi connectivity index (χ4n) is 9.92. The number of Topliss-reactive ketones (excluding diaryl/α,β-unsaturated/α-hetero) is 2. The zero-order valence-corrected chi connectivity index (χ0v) is 38.7. The number of hydrogen-bond donors (Lipinski definition) is 10. The van der Waals surface area contributed by atoms with Crippen LogP contribution in [0.1, 0.15) is 88.7 Å². The van der Waals surface area contributed by atoms with E-state index in [-0.39, 0.29) is 65.3 Å². The number of aliphatic hydroxyl groups is 8. The first-order valence-corrected chi connectivity index (χ1v) is 22.8. The van der Waals surface area contributed by atoms with Crippen molar-refractivity contribution < 1.29 is 103 Å². The smallest absolute Gasteiger partial charge is 0.202 e. The van der Waals surface area contributed by atoms with E-state index in [1.54, 1.807) is 27.7 Å². The number of ketones is 2. The highest BCUT2D eigenvalue weighted by Crippen LogP contribution is 2.47. The Morgan fingerprint density at radius 3 is 1.91 bits per heavy atom. The second kappa shape index (κ2) is 20.3. The predicted octanol–water partition coefficient (Wildman–Crippen LogP) is -0.130. The van der Waals surface area contributed by atoms with Crippen molar-refractivity contribution in [2.45, 2.75) is 203 Å². The van der Waals surface area contributed by atoms with Gasteiger partial charge in [0.1, 0.15) is 60.0 Å². The van der Waals surface area contributed by atoms with Crippen molar-refractivity contribution in [2.24, 2.45) is 5.92 Å². The fourth-order valence-corrected chi connectivity index (χ4v) is 9.92. The van der Waals surface area contributed by atoms with E-state index in [9.17, 15) is 60.7 Å². The van der Waals surface area contributed by atoms with Gasteiger partial charge in [-0.25, -0.2) is 0 Å². The van der Waals surface area contributed by atoms with Gasteiger partial charge in [-0.1, -0.05) is 0 Å². The van der Waals surface area contributed by atoms with Crippen LogP contribution in [0.4, 0.5) is 0 Å². The van der Waals surface area contributed by atoms with Crippen molar-refractivity contribution >= 4 is 22.3 Å². The topological polar surface area (TPSA) is 320 Å². The molecule has 8 unspecified atom stereocenters. The number of carbonyl (C=O) groups excluding carboxylic acids is 2. The maximum atomic E-state index is 14.8. The third kappa shape index (κ3) is 10.3. The molecule has 4 heterocycles. The van der Waals surface area contributed by atoms with Crippen LogP contribution in [0.15, 0.2) is 12.1 Å². The molecule has 0 aromatic heterocycles. The van der Waals surface area contributed by atoms with E-state index in [1.807, 2.05) is 0 Å². The van der Waals surface area contributed by atoms with Gasteiger partial charge in [0.25, 0.3) is 0 Å². The third-order valence-corrected chi connectivity index (χ3v) is 13.9. The number of phenols is 2. The Bertz CT molecular complexity index is 2090. The Morgan fingerprint density at radius 2 is 1.33 bits per heavy atom. The maximum absolute atomic E-state index is 14.8. The first-order chi connectivity index (χ1) is 31.4. The van der Waals surface area contributed by atoms with Gasteiger partial charge in [-0.3, -0.25) is 9.59 Å². The number of phenolic OH excluding ortho intramolecular Hbond substituents is 2. The van der Waals surface area contributed by atoms with E-state index in [4.69, 9.17) is 42.6 Å². The Kier molecular flexibility index (Phi) is 15.6. The standard InChI is InChI=1S/C46H66O21/c1-16-26(64-30-13-27(38(52)19(4)61-30)65-29-12-25(48)37(51)18(3)60-29)11-23-9-22-10-24(43(59-8)42(56)36(50)17(2)47)44(41(55)34(22)40(54)33(23)35(16)49)67-31-14-28(39(53)20(5)62-31)66-32-15-46(7,58)45(57)21(6)63-32/h9,11,17-21,24-25,27-32,36-39,43-45,47-54,57-58H,10,12-15H2,1-8H3/t17-,18?,19?,20?,21?,24+,25?,27?,28?,29+,30+,31+,32+,36+,37-,38-,39-,43+,44+,45-,46?/m1/s1. The van der Waals surface area contributed by atoms with Crippen LogP contribution in [0, 0.1) is 12.8 Å². The molecule has 376 valence electrons. The lowest BCUT2D eigenvalue weighted by Gasteiger charge is -2.45. The number of fused-ring (bicyclic) bond motifs is 2. The van der Waals surface area contributed by atoms with Crippen molar-refractivity contribution in [3.63, 3.8) is 0 Å². The number of aromatic hydroxyl groups is 2. The Labute approximate surface area is 387 Å². The summed E-state index contributed by atoms with van der Waals surface area (Å²) in [6.07, 6.45) is -22.6. The average molecular weight is 955 g/mol. The molecule has 21 nitrogen and oxygen atoms in total. The third-order valence-electron chi connectivity index (χ3n) is 13.9. The second-order valence-electron chi connectivity index (χ2n) is 19.0. The molecule has 4 saturated heterocycles. The van der Waals surface area contributed by atoms with E-state index < -0.39 is 151 Å². The van der Waals surface area contributed by atoms with Gasteiger partial charge in [0.05, 0.1) is 65.4 Å². The average Bonchev–Trinajstić information content (AvgIpc) is 3.25. The summed E-state index contributed by atoms with van der Waals surface area (Å²) in [6.45, 7) is 10.5. The molecule has 0 spiro atoms. The highest BCUT2D eigenvalue weighted by Gasteiger charge is 2.51. The molecule has 0 radical (unpaired) electrons. The molecular weight excluding hydrogens is 888 g/mol. The van der Waals surface area contributed by atoms with Crippen LogP contribution < -0.4 is 4.74 Å². The van der Waals surface area contributed by atoms with E-state index in [1.165, 1.54) is 40.0 Å². The lowest BCUT2D eigenvalue weighted by Crippen LogP contribution is -2.58. The molecule has 21 atom stereocenters. The largest absolute Gasteiger partial charge is 0.507 e. The molecule has 4 aliphatic heterocycles. The molecule has 2 aromatic carbocycles. The van der Waals surface area contributed by atoms with Crippen LogP contribution in [-0.4, -0.2) is 192 Å². The summed E-state index contributed by atoms with van der Waals surface area (Å²) in [5.74, 6) is -3.96. The van der Waals surface area contributed by atoms with E-state index in [0.717, 1.165) is 0 Å². The van der Waals surface area contributed by atoms with Crippen LogP contribution in [0.25, 0.3) is 10.8 Å². The summed E-state index contributed by atoms with van der Waals surface area (Å²) < 4.78 is 53.9. The molecule has 7 rings (SSSR count). The Morgan fingerprint density at radius 1 is 0.776 bits per heavy atom. The number of ether oxygens (including phenoxy) is 9. The van der Waals surface area contributed by atoms with Crippen molar-refractivity contribution in [3.8, 4) is 17.2 Å². The van der Waals surface area contributed by atoms with Crippen molar-refractivity contribution in [3.05, 3.63) is 28.8 Å². The molecule has 0 bridgehead atoms. The summed E-state index contributed by atoms with van der Waals surface area (Å²) in [6, 6.07) is 3.04. The van der Waals surface area contributed by atoms with Crippen molar-refractivity contribution in [2.75, 3.05) is 7.11 Å². The molecule has 5 aliphatic rings. The number of rotatable bonds is 13. The van der Waals surface area contributed by atoms with Crippen LogP contribution in [0.3, 0.4) is 0 Å². The minimum Gasteiger partial charge on any atom is -0.507 e. The molecule has 2 aromatic rings. The molecule has 21 heteroatoms. The minimum atomic E-state index is -1.92. The number of aliphatic hydroxyl groups excluding tert-OH is 7. The second-order valence-corrected chi connectivity index (χ2v) is 19.0. The van der Waals surface area contributed by atoms with E-state index in [0.29, 0.717) is 0 Å². The SMILES string of the molecule is CO[C@H](C(=O)[C@@H](O)[C@@H](C)O)[C@@H]1Cc2cc3cc(O[C@H]4CC(O[C@H]5CC(O)[C@H](O)C(C)O5)[C@H](O)C(C)O4)c(C)c(O)c3c(O)c2C(=O)[C@H]1O[C@H]1CC(O[C@H]2CC(C)(O)[C@H](O)C(C)O2)[C@H](O)C(C)O1. The normalized spacial score (nSPS) is 40.8. The highest BCUT2D eigenvalue weighted by molar-refractivity contribution is 6.11. The van der Waals surface area contributed by atoms with Gasteiger partial charge in [-0.05, 0) is 78.0 Å². The highest BCUT2D eigenvalue weighted by atomic mass is 16.7. The first-order valence-electron chi connectivity index (χ1n) is 22.8. The first kappa shape index (κ1) is 51.6. The summed E-state index contributed by atoms with van der Waals surface area (Å²) in [4.78, 5) is 28.6. The Balaban J connectivity index is 1.18. The van der Waals surface area contributed by atoms with Gasteiger partial charge in [0.2, 0.25) is 6.29 Å². The zero-order chi connectivity index (χ0) is 49.1. The molecular formula is C46H66O21. The maximum Gasteiger partial charge on any atom is 0.202 e. The van der Waals surface area contributed by atoms with Gasteiger partial charge in [-0.15, -0.1) is 0 Å². The van der Waals surface area contributed by atoms with E-state index >= 15 is 0 Å². The molecule has 1 aliphatic carbocycles. The number of methoxy groups -OCH3 is 1. The van der Waals surface area contributed by atoms with Gasteiger partial charge >= 0.3 is 0 Å². The van der Waals surface area contributed by atoms with Crippen LogP contribution in [0.2, 0.25) is 0 Å². The van der Waals surface area contributed by atoms with Gasteiger partial charge in [0, 0.05) is 44.3 Å². The van der Waals surface area contributed by atoms with Gasteiger partial charge < -0.3 is 93.7 Å². The summed E-state index contributed by atoms with van der Waals surface area (Å²) in [7, 11) is 1.19. The summed E-state index contributed by atoms with van der Waals surface area (Å²) in [5.41, 5.74) is -1.46.